The molecule has 1 heterocycles. The van der Waals surface area contributed by atoms with Gasteiger partial charge in [-0.05, 0) is 24.3 Å². The Hall–Kier alpha value is -4.92. The van der Waals surface area contributed by atoms with E-state index in [-0.39, 0.29) is 29.0 Å². The Labute approximate surface area is 197 Å². The molecule has 0 atom stereocenters. The molecule has 0 unspecified atom stereocenters. The van der Waals surface area contributed by atoms with Crippen molar-refractivity contribution in [3.63, 3.8) is 0 Å². The normalized spacial score (nSPS) is 15.4. The second-order valence-electron chi connectivity index (χ2n) is 7.83. The highest BCUT2D eigenvalue weighted by molar-refractivity contribution is 6.30. The van der Waals surface area contributed by atoms with Crippen LogP contribution in [0.4, 0.5) is 5.69 Å². The quantitative estimate of drug-likeness (QED) is 0.145. The van der Waals surface area contributed by atoms with E-state index < -0.39 is 45.2 Å². The van der Waals surface area contributed by atoms with Crippen molar-refractivity contribution >= 4 is 35.3 Å². The summed E-state index contributed by atoms with van der Waals surface area (Å²) in [6, 6.07) is 14.7. The number of rotatable bonds is 4. The number of nitro benzene ring substituents is 1. The number of nitrogens with zero attached hydrogens (tertiary/aromatic N) is 1. The third-order valence-electron chi connectivity index (χ3n) is 5.79. The average molecular weight is 469 g/mol. The van der Waals surface area contributed by atoms with Gasteiger partial charge in [-0.3, -0.25) is 19.7 Å². The van der Waals surface area contributed by atoms with Crippen LogP contribution in [0.2, 0.25) is 0 Å². The summed E-state index contributed by atoms with van der Waals surface area (Å²) >= 11 is 0. The molecule has 3 aromatic rings. The highest BCUT2D eigenvalue weighted by Crippen LogP contribution is 2.36. The number of para-hydroxylation sites is 1. The lowest BCUT2D eigenvalue weighted by Crippen LogP contribution is -2.24. The number of fused-ring (bicyclic) bond motifs is 2. The molecule has 3 aromatic carbocycles. The summed E-state index contributed by atoms with van der Waals surface area (Å²) < 4.78 is 10.4. The van der Waals surface area contributed by atoms with Gasteiger partial charge in [0, 0.05) is 34.2 Å². The van der Waals surface area contributed by atoms with Crippen molar-refractivity contribution in [2.75, 3.05) is 6.61 Å². The maximum absolute atomic E-state index is 13.1. The molecule has 172 valence electrons. The van der Waals surface area contributed by atoms with Crippen LogP contribution in [-0.4, -0.2) is 35.0 Å². The van der Waals surface area contributed by atoms with Crippen LogP contribution in [0.1, 0.15) is 54.2 Å². The number of benzene rings is 3. The maximum Gasteiger partial charge on any atom is 0.350 e. The van der Waals surface area contributed by atoms with E-state index in [0.717, 1.165) is 6.07 Å². The predicted octanol–water partition coefficient (Wildman–Crippen LogP) is 3.92. The van der Waals surface area contributed by atoms with Crippen molar-refractivity contribution < 1.29 is 33.6 Å². The Morgan fingerprint density at radius 2 is 1.60 bits per heavy atom. The molecule has 1 aliphatic carbocycles. The zero-order valence-corrected chi connectivity index (χ0v) is 18.0. The first-order valence-corrected chi connectivity index (χ1v) is 10.6. The fourth-order valence-corrected chi connectivity index (χ4v) is 4.14. The van der Waals surface area contributed by atoms with E-state index in [1.165, 1.54) is 30.3 Å². The molecule has 0 saturated carbocycles. The van der Waals surface area contributed by atoms with Crippen LogP contribution in [0, 0.1) is 10.1 Å². The lowest BCUT2D eigenvalue weighted by Gasteiger charge is -2.18. The van der Waals surface area contributed by atoms with Gasteiger partial charge in [0.15, 0.2) is 5.78 Å². The molecule has 9 nitrogen and oxygen atoms in total. The predicted molar refractivity (Wildman–Crippen MR) is 121 cm³/mol. The molecule has 0 N–H and O–H groups in total. The maximum atomic E-state index is 13.1. The van der Waals surface area contributed by atoms with Gasteiger partial charge in [0.25, 0.3) is 5.69 Å². The number of carbonyl (C=O) groups is 4. The molecule has 0 aromatic heterocycles. The summed E-state index contributed by atoms with van der Waals surface area (Å²) in [6.07, 6.45) is 1.92. The number of esters is 2. The van der Waals surface area contributed by atoms with Crippen molar-refractivity contribution in [3.8, 4) is 5.75 Å². The lowest BCUT2D eigenvalue weighted by atomic mass is 9.82. The molecule has 1 saturated heterocycles. The smallest absolute Gasteiger partial charge is 0.350 e. The number of cyclic esters (lactones) is 1. The van der Waals surface area contributed by atoms with Gasteiger partial charge < -0.3 is 9.47 Å². The van der Waals surface area contributed by atoms with E-state index in [9.17, 15) is 29.3 Å². The van der Waals surface area contributed by atoms with E-state index in [4.69, 9.17) is 9.47 Å². The van der Waals surface area contributed by atoms with Crippen LogP contribution in [0.25, 0.3) is 6.08 Å². The molecule has 2 aliphatic rings. The minimum Gasteiger partial charge on any atom is -0.462 e. The second-order valence-corrected chi connectivity index (χ2v) is 7.83. The third-order valence-corrected chi connectivity index (χ3v) is 5.79. The van der Waals surface area contributed by atoms with Gasteiger partial charge in [-0.15, -0.1) is 0 Å². The molecular formula is C26H15NO8. The Bertz CT molecular complexity index is 1500. The van der Waals surface area contributed by atoms with Crippen molar-refractivity contribution in [3.05, 3.63) is 110 Å². The Morgan fingerprint density at radius 1 is 0.914 bits per heavy atom. The number of ether oxygens (including phenoxy) is 2. The van der Waals surface area contributed by atoms with Crippen LogP contribution in [0.5, 0.6) is 5.75 Å². The summed E-state index contributed by atoms with van der Waals surface area (Å²) in [6.45, 7) is 0.254. The molecule has 0 spiro atoms. The Morgan fingerprint density at radius 3 is 2.29 bits per heavy atom. The van der Waals surface area contributed by atoms with Gasteiger partial charge >= 0.3 is 11.9 Å². The number of carbonyl (C=O) groups excluding carboxylic acids is 4. The van der Waals surface area contributed by atoms with Gasteiger partial charge in [-0.25, -0.2) is 9.59 Å². The molecule has 35 heavy (non-hydrogen) atoms. The largest absolute Gasteiger partial charge is 0.462 e. The van der Waals surface area contributed by atoms with Crippen LogP contribution in [0.15, 0.2) is 66.2 Å². The number of hydrogen-bond donors (Lipinski definition) is 0. The number of ketones is 2. The summed E-state index contributed by atoms with van der Waals surface area (Å²) in [5.41, 5.74) is -0.903. The third kappa shape index (κ3) is 3.68. The highest BCUT2D eigenvalue weighted by Gasteiger charge is 2.39. The fraction of sp³-hybridized carbons (Fsp3) is 0.0769. The fourth-order valence-electron chi connectivity index (χ4n) is 4.14. The van der Waals surface area contributed by atoms with Gasteiger partial charge in [-0.1, -0.05) is 42.5 Å². The molecule has 0 amide bonds. The molecule has 1 aliphatic heterocycles. The van der Waals surface area contributed by atoms with Crippen LogP contribution in [0.3, 0.4) is 0 Å². The topological polar surface area (TPSA) is 130 Å². The van der Waals surface area contributed by atoms with Crippen LogP contribution < -0.4 is 4.74 Å². The number of hydrogen-bond acceptors (Lipinski definition) is 8. The zero-order chi connectivity index (χ0) is 24.7. The minimum absolute atomic E-state index is 0.0269. The molecule has 9 heteroatoms. The van der Waals surface area contributed by atoms with E-state index >= 15 is 0 Å². The minimum atomic E-state index is -1.08. The first kappa shape index (κ1) is 21.9. The first-order chi connectivity index (χ1) is 16.9. The van der Waals surface area contributed by atoms with Crippen molar-refractivity contribution in [1.82, 2.24) is 0 Å². The molecule has 0 radical (unpaired) electrons. The van der Waals surface area contributed by atoms with E-state index in [2.05, 4.69) is 0 Å². The number of nitro groups is 1. The van der Waals surface area contributed by atoms with E-state index in [1.54, 1.807) is 30.3 Å². The Kier molecular flexibility index (Phi) is 5.29. The summed E-state index contributed by atoms with van der Waals surface area (Å²) in [4.78, 5) is 62.1. The van der Waals surface area contributed by atoms with E-state index in [1.807, 2.05) is 0 Å². The van der Waals surface area contributed by atoms with Gasteiger partial charge in [-0.2, -0.15) is 0 Å². The molecule has 5 rings (SSSR count). The molecule has 0 bridgehead atoms. The monoisotopic (exact) mass is 469 g/mol. The van der Waals surface area contributed by atoms with Gasteiger partial charge in [0.05, 0.1) is 11.5 Å². The van der Waals surface area contributed by atoms with Crippen LogP contribution >= 0.6 is 0 Å². The van der Waals surface area contributed by atoms with Crippen molar-refractivity contribution in [2.24, 2.45) is 0 Å². The summed E-state index contributed by atoms with van der Waals surface area (Å²) in [5.74, 6) is -2.76. The van der Waals surface area contributed by atoms with Crippen LogP contribution in [-0.2, 0) is 9.53 Å². The van der Waals surface area contributed by atoms with Crippen molar-refractivity contribution in [2.45, 2.75) is 6.42 Å². The standard InChI is InChI=1S/C26H15NO8/c28-23-16-6-2-3-7-17(16)24(29)21-18(23)9-10-19(22(21)27(32)33)26(31)35-20-8-4-1-5-14(20)13-15-11-12-34-25(15)30/h1-10,13H,11-12H2/b15-13-. The molecular weight excluding hydrogens is 454 g/mol. The van der Waals surface area contributed by atoms with Gasteiger partial charge in [0.2, 0.25) is 5.78 Å². The van der Waals surface area contributed by atoms with E-state index in [0.29, 0.717) is 17.6 Å². The first-order valence-electron chi connectivity index (χ1n) is 10.6. The average Bonchev–Trinajstić information content (AvgIpc) is 3.26. The SMILES string of the molecule is O=C1OCC/C1=C/c1ccccc1OC(=O)c1ccc2c(c1[N+](=O)[O-])C(=O)c1ccccc1C2=O. The second kappa shape index (κ2) is 8.45. The molecule has 1 fully saturated rings. The summed E-state index contributed by atoms with van der Waals surface area (Å²) in [7, 11) is 0. The zero-order valence-electron chi connectivity index (χ0n) is 18.0. The Balaban J connectivity index is 1.57. The summed E-state index contributed by atoms with van der Waals surface area (Å²) in [5, 5.41) is 12.0. The highest BCUT2D eigenvalue weighted by atomic mass is 16.6. The van der Waals surface area contributed by atoms with Crippen molar-refractivity contribution in [1.29, 1.82) is 0 Å². The van der Waals surface area contributed by atoms with Gasteiger partial charge in [0.1, 0.15) is 16.9 Å². The lowest BCUT2D eigenvalue weighted by molar-refractivity contribution is -0.385.